The number of anilines is 1. The lowest BCUT2D eigenvalue weighted by Gasteiger charge is -2.32. The van der Waals surface area contributed by atoms with E-state index in [0.717, 1.165) is 31.7 Å². The second kappa shape index (κ2) is 8.53. The molecule has 0 spiro atoms. The van der Waals surface area contributed by atoms with Gasteiger partial charge in [-0.2, -0.15) is 0 Å². The Bertz CT molecular complexity index is 539. The summed E-state index contributed by atoms with van der Waals surface area (Å²) >= 11 is 0. The number of nitrogen functional groups attached to an aromatic ring is 1. The Balaban J connectivity index is 1.63. The van der Waals surface area contributed by atoms with Crippen LogP contribution in [0.2, 0.25) is 0 Å². The smallest absolute Gasteiger partial charge is 0.224 e. The van der Waals surface area contributed by atoms with Gasteiger partial charge in [-0.25, -0.2) is 0 Å². The molecule has 2 amide bonds. The first-order valence-electron chi connectivity index (χ1n) is 8.12. The second-order valence-electron chi connectivity index (χ2n) is 5.98. The molecule has 0 saturated carbocycles. The summed E-state index contributed by atoms with van der Waals surface area (Å²) in [6.45, 7) is 3.77. The highest BCUT2D eigenvalue weighted by molar-refractivity contribution is 5.79. The van der Waals surface area contributed by atoms with Crippen LogP contribution >= 0.6 is 0 Å². The van der Waals surface area contributed by atoms with Crippen molar-refractivity contribution >= 4 is 17.5 Å². The molecule has 0 aliphatic carbocycles. The van der Waals surface area contributed by atoms with E-state index in [1.165, 1.54) is 0 Å². The van der Waals surface area contributed by atoms with Crippen molar-refractivity contribution < 1.29 is 9.59 Å². The Kier molecular flexibility index (Phi) is 6.40. The first-order chi connectivity index (χ1) is 11.1. The van der Waals surface area contributed by atoms with Gasteiger partial charge in [0, 0.05) is 51.3 Å². The highest BCUT2D eigenvalue weighted by atomic mass is 16.2. The molecule has 0 unspecified atom stereocenters. The highest BCUT2D eigenvalue weighted by Crippen LogP contribution is 2.12. The molecule has 0 bridgehead atoms. The van der Waals surface area contributed by atoms with Crippen molar-refractivity contribution in [3.05, 3.63) is 29.8 Å². The van der Waals surface area contributed by atoms with Crippen molar-refractivity contribution in [1.29, 1.82) is 0 Å². The number of rotatable bonds is 6. The van der Waals surface area contributed by atoms with E-state index in [2.05, 4.69) is 17.3 Å². The van der Waals surface area contributed by atoms with E-state index < -0.39 is 0 Å². The van der Waals surface area contributed by atoms with Crippen LogP contribution in [0.5, 0.6) is 0 Å². The van der Waals surface area contributed by atoms with Crippen LogP contribution in [0.25, 0.3) is 0 Å². The molecule has 1 aliphatic heterocycles. The molecule has 0 radical (unpaired) electrons. The molecule has 1 aromatic carbocycles. The van der Waals surface area contributed by atoms with Crippen LogP contribution in [0.4, 0.5) is 5.69 Å². The minimum Gasteiger partial charge on any atom is -0.399 e. The predicted molar refractivity (Wildman–Crippen MR) is 90.9 cm³/mol. The quantitative estimate of drug-likeness (QED) is 0.748. The molecular formula is C17H26N4O2. The van der Waals surface area contributed by atoms with Crippen LogP contribution in [0.1, 0.15) is 18.4 Å². The van der Waals surface area contributed by atoms with Gasteiger partial charge in [-0.15, -0.1) is 0 Å². The van der Waals surface area contributed by atoms with Gasteiger partial charge in [-0.3, -0.25) is 9.59 Å². The fraction of sp³-hybridized carbons (Fsp3) is 0.529. The van der Waals surface area contributed by atoms with Gasteiger partial charge in [0.25, 0.3) is 0 Å². The molecule has 3 N–H and O–H groups in total. The third kappa shape index (κ3) is 5.56. The summed E-state index contributed by atoms with van der Waals surface area (Å²) in [4.78, 5) is 28.0. The van der Waals surface area contributed by atoms with Crippen LogP contribution in [0.3, 0.4) is 0 Å². The molecule has 126 valence electrons. The fourth-order valence-corrected chi connectivity index (χ4v) is 2.62. The SMILES string of the molecule is CN1CCN(C(=O)CCNC(=O)CCc2ccccc2N)CC1. The number of piperazine rings is 1. The first-order valence-corrected chi connectivity index (χ1v) is 8.12. The number of carbonyl (C=O) groups excluding carboxylic acids is 2. The predicted octanol–water partition coefficient (Wildman–Crippen LogP) is 0.482. The monoisotopic (exact) mass is 318 g/mol. The molecule has 0 aromatic heterocycles. The molecule has 0 atom stereocenters. The number of benzene rings is 1. The minimum atomic E-state index is -0.0422. The van der Waals surface area contributed by atoms with Crippen LogP contribution in [-0.4, -0.2) is 61.4 Å². The summed E-state index contributed by atoms with van der Waals surface area (Å²) in [6.07, 6.45) is 1.37. The summed E-state index contributed by atoms with van der Waals surface area (Å²) < 4.78 is 0. The van der Waals surface area contributed by atoms with Crippen molar-refractivity contribution in [3.63, 3.8) is 0 Å². The van der Waals surface area contributed by atoms with Crippen molar-refractivity contribution in [1.82, 2.24) is 15.1 Å². The molecule has 6 heteroatoms. The molecule has 1 heterocycles. The van der Waals surface area contributed by atoms with Crippen molar-refractivity contribution in [2.24, 2.45) is 0 Å². The van der Waals surface area contributed by atoms with Gasteiger partial charge < -0.3 is 20.9 Å². The molecule has 1 aliphatic rings. The van der Waals surface area contributed by atoms with Crippen molar-refractivity contribution in [2.75, 3.05) is 45.5 Å². The van der Waals surface area contributed by atoms with E-state index in [0.29, 0.717) is 31.5 Å². The zero-order valence-electron chi connectivity index (χ0n) is 13.8. The number of nitrogens with zero attached hydrogens (tertiary/aromatic N) is 2. The maximum atomic E-state index is 12.0. The lowest BCUT2D eigenvalue weighted by molar-refractivity contribution is -0.132. The molecule has 6 nitrogen and oxygen atoms in total. The lowest BCUT2D eigenvalue weighted by Crippen LogP contribution is -2.47. The van der Waals surface area contributed by atoms with Gasteiger partial charge in [-0.05, 0) is 25.1 Å². The van der Waals surface area contributed by atoms with Crippen molar-refractivity contribution in [2.45, 2.75) is 19.3 Å². The molecule has 2 rings (SSSR count). The largest absolute Gasteiger partial charge is 0.399 e. The molecule has 1 aromatic rings. The third-order valence-electron chi connectivity index (χ3n) is 4.19. The van der Waals surface area contributed by atoms with E-state index in [4.69, 9.17) is 5.73 Å². The van der Waals surface area contributed by atoms with E-state index in [1.54, 1.807) is 0 Å². The van der Waals surface area contributed by atoms with E-state index in [9.17, 15) is 9.59 Å². The number of amides is 2. The van der Waals surface area contributed by atoms with Gasteiger partial charge in [-0.1, -0.05) is 18.2 Å². The molecule has 23 heavy (non-hydrogen) atoms. The second-order valence-corrected chi connectivity index (χ2v) is 5.98. The average Bonchev–Trinajstić information content (AvgIpc) is 2.54. The maximum Gasteiger partial charge on any atom is 0.224 e. The summed E-state index contributed by atoms with van der Waals surface area (Å²) in [5, 5.41) is 2.81. The molecule has 1 fully saturated rings. The van der Waals surface area contributed by atoms with Crippen molar-refractivity contribution in [3.8, 4) is 0 Å². The summed E-state index contributed by atoms with van der Waals surface area (Å²) in [5.41, 5.74) is 7.55. The Morgan fingerprint density at radius 3 is 2.52 bits per heavy atom. The van der Waals surface area contributed by atoms with E-state index in [1.807, 2.05) is 29.2 Å². The maximum absolute atomic E-state index is 12.0. The minimum absolute atomic E-state index is 0.0422. The van der Waals surface area contributed by atoms with Gasteiger partial charge in [0.05, 0.1) is 0 Å². The topological polar surface area (TPSA) is 78.7 Å². The summed E-state index contributed by atoms with van der Waals surface area (Å²) in [6, 6.07) is 7.56. The number of para-hydroxylation sites is 1. The molecular weight excluding hydrogens is 292 g/mol. The summed E-state index contributed by atoms with van der Waals surface area (Å²) in [5.74, 6) is 0.0742. The van der Waals surface area contributed by atoms with Gasteiger partial charge >= 0.3 is 0 Å². The van der Waals surface area contributed by atoms with Gasteiger partial charge in [0.15, 0.2) is 0 Å². The number of carbonyl (C=O) groups is 2. The standard InChI is InChI=1S/C17H26N4O2/c1-20-10-12-21(13-11-20)17(23)8-9-19-16(22)7-6-14-4-2-3-5-15(14)18/h2-5H,6-13,18H2,1H3,(H,19,22). The summed E-state index contributed by atoms with van der Waals surface area (Å²) in [7, 11) is 2.06. The van der Waals surface area contributed by atoms with Crippen LogP contribution in [-0.2, 0) is 16.0 Å². The zero-order chi connectivity index (χ0) is 16.7. The van der Waals surface area contributed by atoms with E-state index in [-0.39, 0.29) is 11.8 Å². The Hall–Kier alpha value is -2.08. The lowest BCUT2D eigenvalue weighted by atomic mass is 10.1. The Labute approximate surface area is 137 Å². The Morgan fingerprint density at radius 2 is 1.83 bits per heavy atom. The zero-order valence-corrected chi connectivity index (χ0v) is 13.8. The van der Waals surface area contributed by atoms with Crippen LogP contribution < -0.4 is 11.1 Å². The van der Waals surface area contributed by atoms with E-state index >= 15 is 0 Å². The average molecular weight is 318 g/mol. The van der Waals surface area contributed by atoms with Gasteiger partial charge in [0.1, 0.15) is 0 Å². The number of nitrogens with two attached hydrogens (primary N) is 1. The van der Waals surface area contributed by atoms with Crippen LogP contribution in [0, 0.1) is 0 Å². The van der Waals surface area contributed by atoms with Crippen LogP contribution in [0.15, 0.2) is 24.3 Å². The number of nitrogens with one attached hydrogen (secondary N) is 1. The number of likely N-dealkylation sites (N-methyl/N-ethyl adjacent to an activating group) is 1. The number of aryl methyl sites for hydroxylation is 1. The normalized spacial score (nSPS) is 15.4. The number of hydrogen-bond donors (Lipinski definition) is 2. The fourth-order valence-electron chi connectivity index (χ4n) is 2.62. The third-order valence-corrected chi connectivity index (χ3v) is 4.19. The highest BCUT2D eigenvalue weighted by Gasteiger charge is 2.18. The molecule has 1 saturated heterocycles. The van der Waals surface area contributed by atoms with Gasteiger partial charge in [0.2, 0.25) is 11.8 Å². The Morgan fingerprint density at radius 1 is 1.13 bits per heavy atom. The number of hydrogen-bond acceptors (Lipinski definition) is 4. The first kappa shape index (κ1) is 17.3.